The number of ether oxygens (including phenoxy) is 1. The molecule has 220 valence electrons. The lowest BCUT2D eigenvalue weighted by atomic mass is 9.84. The zero-order valence-corrected chi connectivity index (χ0v) is 23.6. The summed E-state index contributed by atoms with van der Waals surface area (Å²) in [7, 11) is 1.71. The summed E-state index contributed by atoms with van der Waals surface area (Å²) in [5.41, 5.74) is 1.49. The highest BCUT2D eigenvalue weighted by Gasteiger charge is 2.38. The normalized spacial score (nSPS) is 20.8. The van der Waals surface area contributed by atoms with Crippen LogP contribution in [0.5, 0.6) is 0 Å². The van der Waals surface area contributed by atoms with Crippen molar-refractivity contribution in [2.75, 3.05) is 17.7 Å². The molecule has 3 aromatic rings. The van der Waals surface area contributed by atoms with Gasteiger partial charge in [0, 0.05) is 55.2 Å². The fraction of sp³-hybridized carbons (Fsp3) is 0.517. The molecular formula is C29H35F3N6O3. The Balaban J connectivity index is 1.23. The number of alkyl halides is 2. The van der Waals surface area contributed by atoms with E-state index in [1.165, 1.54) is 12.3 Å². The molecule has 0 aromatic carbocycles. The van der Waals surface area contributed by atoms with Gasteiger partial charge in [-0.3, -0.25) is 4.98 Å². The number of carbonyl (C=O) groups excluding carboxylic acids is 2. The number of carbonyl (C=O) groups is 2. The second-order valence-corrected chi connectivity index (χ2v) is 12.0. The highest BCUT2D eigenvalue weighted by molar-refractivity contribution is 6.05. The first-order chi connectivity index (χ1) is 19.3. The molecule has 0 unspecified atom stereocenters. The van der Waals surface area contributed by atoms with Gasteiger partial charge in [-0.05, 0) is 64.7 Å². The van der Waals surface area contributed by atoms with E-state index in [4.69, 9.17) is 4.74 Å². The van der Waals surface area contributed by atoms with Crippen LogP contribution in [0.4, 0.5) is 34.1 Å². The number of hydrogen-bond donors (Lipinski definition) is 2. The van der Waals surface area contributed by atoms with Crippen molar-refractivity contribution in [1.82, 2.24) is 19.4 Å². The maximum atomic E-state index is 14.1. The van der Waals surface area contributed by atoms with Crippen molar-refractivity contribution in [1.29, 1.82) is 0 Å². The molecule has 2 saturated carbocycles. The second-order valence-electron chi connectivity index (χ2n) is 12.0. The number of fused-ring (bicyclic) bond motifs is 1. The van der Waals surface area contributed by atoms with Crippen LogP contribution in [0, 0.1) is 5.82 Å². The summed E-state index contributed by atoms with van der Waals surface area (Å²) in [5, 5.41) is 5.94. The average Bonchev–Trinajstić information content (AvgIpc) is 3.19. The Hall–Kier alpha value is -3.83. The molecule has 2 N–H and O–H groups in total. The van der Waals surface area contributed by atoms with E-state index in [0.29, 0.717) is 48.1 Å². The van der Waals surface area contributed by atoms with E-state index in [1.54, 1.807) is 30.3 Å². The van der Waals surface area contributed by atoms with E-state index < -0.39 is 23.4 Å². The molecule has 0 saturated heterocycles. The molecule has 9 nitrogen and oxygen atoms in total. The van der Waals surface area contributed by atoms with Gasteiger partial charge in [-0.1, -0.05) is 0 Å². The highest BCUT2D eigenvalue weighted by Crippen LogP contribution is 2.41. The van der Waals surface area contributed by atoms with Crippen LogP contribution < -0.4 is 10.6 Å². The van der Waals surface area contributed by atoms with E-state index in [9.17, 15) is 22.8 Å². The fourth-order valence-electron chi connectivity index (χ4n) is 5.41. The minimum Gasteiger partial charge on any atom is -0.444 e. The van der Waals surface area contributed by atoms with Crippen LogP contribution in [0.25, 0.3) is 11.0 Å². The highest BCUT2D eigenvalue weighted by atomic mass is 19.3. The maximum Gasteiger partial charge on any atom is 0.410 e. The zero-order chi connectivity index (χ0) is 29.5. The Morgan fingerprint density at radius 1 is 1.10 bits per heavy atom. The third kappa shape index (κ3) is 6.57. The minimum absolute atomic E-state index is 0.000408. The lowest BCUT2D eigenvalue weighted by Crippen LogP contribution is -2.47. The van der Waals surface area contributed by atoms with Crippen molar-refractivity contribution in [3.63, 3.8) is 0 Å². The van der Waals surface area contributed by atoms with Gasteiger partial charge >= 0.3 is 12.1 Å². The second kappa shape index (κ2) is 10.9. The predicted molar refractivity (Wildman–Crippen MR) is 149 cm³/mol. The number of nitrogens with zero attached hydrogens (tertiary/aromatic N) is 4. The monoisotopic (exact) mass is 572 g/mol. The SMILES string of the molecule is CN(C(=O)OC(C)(C)C)C1CC(n2cc(NC(=O)Nc3ccc(C4CCC(F)(F)CC4)nc3)c3cc(F)cnc32)C1. The Kier molecular flexibility index (Phi) is 7.60. The summed E-state index contributed by atoms with van der Waals surface area (Å²) in [6.07, 6.45) is 5.74. The van der Waals surface area contributed by atoms with Crippen LogP contribution in [0.2, 0.25) is 0 Å². The molecule has 3 aromatic heterocycles. The summed E-state index contributed by atoms with van der Waals surface area (Å²) in [6.45, 7) is 5.45. The van der Waals surface area contributed by atoms with Crippen molar-refractivity contribution >= 4 is 34.5 Å². The van der Waals surface area contributed by atoms with Crippen LogP contribution >= 0.6 is 0 Å². The first-order valence-electron chi connectivity index (χ1n) is 13.8. The van der Waals surface area contributed by atoms with Gasteiger partial charge in [-0.25, -0.2) is 27.7 Å². The van der Waals surface area contributed by atoms with Gasteiger partial charge in [0.25, 0.3) is 0 Å². The molecule has 2 fully saturated rings. The van der Waals surface area contributed by atoms with E-state index in [2.05, 4.69) is 20.6 Å². The van der Waals surface area contributed by atoms with E-state index in [1.807, 2.05) is 25.3 Å². The lowest BCUT2D eigenvalue weighted by molar-refractivity contribution is -0.0385. The van der Waals surface area contributed by atoms with Crippen LogP contribution in [0.3, 0.4) is 0 Å². The molecule has 0 atom stereocenters. The van der Waals surface area contributed by atoms with Gasteiger partial charge in [-0.2, -0.15) is 0 Å². The Morgan fingerprint density at radius 2 is 1.80 bits per heavy atom. The lowest BCUT2D eigenvalue weighted by Gasteiger charge is -2.42. The van der Waals surface area contributed by atoms with Gasteiger partial charge < -0.3 is 24.8 Å². The Morgan fingerprint density at radius 3 is 2.44 bits per heavy atom. The van der Waals surface area contributed by atoms with E-state index >= 15 is 0 Å². The van der Waals surface area contributed by atoms with E-state index in [-0.39, 0.29) is 36.9 Å². The fourth-order valence-corrected chi connectivity index (χ4v) is 5.41. The molecule has 0 radical (unpaired) electrons. The molecule has 2 aliphatic rings. The van der Waals surface area contributed by atoms with Crippen molar-refractivity contribution in [3.8, 4) is 0 Å². The summed E-state index contributed by atoms with van der Waals surface area (Å²) in [5.74, 6) is -3.16. The largest absolute Gasteiger partial charge is 0.444 e. The number of urea groups is 1. The minimum atomic E-state index is -2.60. The number of aromatic nitrogens is 3. The van der Waals surface area contributed by atoms with Crippen molar-refractivity contribution < 1.29 is 27.5 Å². The third-order valence-electron chi connectivity index (χ3n) is 7.77. The summed E-state index contributed by atoms with van der Waals surface area (Å²) in [6, 6.07) is 4.19. The standard InChI is InChI=1S/C29H35F3N6O3/c1-28(2,3)41-27(40)37(4)20-12-21(13-20)38-16-24(22-11-18(30)14-34-25(22)38)36-26(39)35-19-5-6-23(33-15-19)17-7-9-29(31,32)10-8-17/h5-6,11,14-17,20-21H,7-10,12-13H2,1-4H3,(H2,35,36,39). The van der Waals surface area contributed by atoms with Crippen LogP contribution in [-0.4, -0.2) is 56.2 Å². The summed E-state index contributed by atoms with van der Waals surface area (Å²) in [4.78, 5) is 35.5. The Bertz CT molecular complexity index is 1420. The first-order valence-corrected chi connectivity index (χ1v) is 13.8. The molecule has 0 spiro atoms. The Labute approximate surface area is 236 Å². The third-order valence-corrected chi connectivity index (χ3v) is 7.77. The van der Waals surface area contributed by atoms with Gasteiger partial charge in [0.2, 0.25) is 5.92 Å². The number of amides is 3. The predicted octanol–water partition coefficient (Wildman–Crippen LogP) is 7.08. The van der Waals surface area contributed by atoms with E-state index in [0.717, 1.165) is 11.9 Å². The molecule has 3 amide bonds. The van der Waals surface area contributed by atoms with Crippen molar-refractivity contribution in [2.24, 2.45) is 0 Å². The van der Waals surface area contributed by atoms with Crippen LogP contribution in [0.1, 0.15) is 76.9 Å². The summed E-state index contributed by atoms with van der Waals surface area (Å²) >= 11 is 0. The topological polar surface area (TPSA) is 101 Å². The van der Waals surface area contributed by atoms with Crippen LogP contribution in [-0.2, 0) is 4.74 Å². The number of pyridine rings is 2. The molecule has 12 heteroatoms. The number of anilines is 2. The number of hydrogen-bond acceptors (Lipinski definition) is 5. The van der Waals surface area contributed by atoms with Gasteiger partial charge in [-0.15, -0.1) is 0 Å². The first kappa shape index (κ1) is 28.7. The van der Waals surface area contributed by atoms with Crippen molar-refractivity contribution in [2.45, 2.75) is 88.8 Å². The van der Waals surface area contributed by atoms with Gasteiger partial charge in [0.15, 0.2) is 0 Å². The number of nitrogens with one attached hydrogen (secondary N) is 2. The molecule has 5 rings (SSSR count). The van der Waals surface area contributed by atoms with Crippen LogP contribution in [0.15, 0.2) is 36.8 Å². The van der Waals surface area contributed by atoms with Crippen molar-refractivity contribution in [3.05, 3.63) is 48.3 Å². The molecular weight excluding hydrogens is 537 g/mol. The zero-order valence-electron chi connectivity index (χ0n) is 23.6. The van der Waals surface area contributed by atoms with Gasteiger partial charge in [0.05, 0.1) is 23.8 Å². The smallest absolute Gasteiger partial charge is 0.410 e. The maximum absolute atomic E-state index is 14.1. The molecule has 2 aliphatic carbocycles. The molecule has 41 heavy (non-hydrogen) atoms. The quantitative estimate of drug-likeness (QED) is 0.340. The molecule has 0 bridgehead atoms. The van der Waals surface area contributed by atoms with Gasteiger partial charge in [0.1, 0.15) is 17.1 Å². The summed E-state index contributed by atoms with van der Waals surface area (Å²) < 4.78 is 48.4. The number of halogens is 3. The molecule has 0 aliphatic heterocycles. The molecule has 3 heterocycles. The average molecular weight is 573 g/mol. The number of rotatable bonds is 5.